The van der Waals surface area contributed by atoms with Crippen LogP contribution in [0.25, 0.3) is 22.2 Å². The van der Waals surface area contributed by atoms with Gasteiger partial charge in [-0.05, 0) is 17.9 Å². The number of thioether (sulfide) groups is 1. The number of nitrogens with two attached hydrogens (primary N) is 2. The number of hydrogen-bond acceptors (Lipinski definition) is 14. The highest BCUT2D eigenvalue weighted by Crippen LogP contribution is 2.64. The molecule has 7 rings (SSSR count). The van der Waals surface area contributed by atoms with Gasteiger partial charge in [-0.3, -0.25) is 14.3 Å². The number of imidazole rings is 1. The molecule has 4 aromatic rings. The fraction of sp³-hybridized carbons (Fsp3) is 0.476. The van der Waals surface area contributed by atoms with Crippen LogP contribution in [0.15, 0.2) is 29.7 Å². The standard InChI is InChI=1S/C21H23FN9O7PS2/c22-9-11(32)7(37-19(9)30-2-1-6-15(23)25-4-26-16(6)30)3-36-39(35,40)38-13-8-12(33)14(8)41-20(13)31-5-27-10-17(31)28-21(24)29-18(10)34/h1-2,4-5,7-9,11-14,19-20,32-33H,3H2,(H,35,40)(H2,23,25,26)(H3,24,28,29,34)/t7-,8?,9+,11-,12?,13?,14+,19-,20-,39?/m1/s1. The Kier molecular flexibility index (Phi) is 6.38. The third-order valence-corrected chi connectivity index (χ3v) is 10.7. The van der Waals surface area contributed by atoms with Gasteiger partial charge in [0.2, 0.25) is 5.95 Å². The molecule has 0 radical (unpaired) electrons. The molecular weight excluding hydrogens is 604 g/mol. The fourth-order valence-corrected chi connectivity index (χ4v) is 8.63. The summed E-state index contributed by atoms with van der Waals surface area (Å²) in [7, 11) is 0. The number of aliphatic hydroxyl groups is 2. The molecule has 4 aromatic heterocycles. The van der Waals surface area contributed by atoms with Crippen LogP contribution in [0, 0.1) is 5.92 Å². The minimum absolute atomic E-state index is 0.0617. The summed E-state index contributed by atoms with van der Waals surface area (Å²) in [6.07, 6.45) is -3.31. The van der Waals surface area contributed by atoms with E-state index in [-0.39, 0.29) is 34.1 Å². The number of fused-ring (bicyclic) bond motifs is 3. The number of rotatable bonds is 7. The number of anilines is 2. The summed E-state index contributed by atoms with van der Waals surface area (Å²) in [6.45, 7) is -4.50. The van der Waals surface area contributed by atoms with Gasteiger partial charge >= 0.3 is 6.72 Å². The van der Waals surface area contributed by atoms with Gasteiger partial charge in [0.15, 0.2) is 23.6 Å². The minimum Gasteiger partial charge on any atom is -0.392 e. The van der Waals surface area contributed by atoms with E-state index in [2.05, 4.69) is 24.9 Å². The molecule has 4 unspecified atom stereocenters. The second-order valence-electron chi connectivity index (χ2n) is 9.89. The zero-order chi connectivity index (χ0) is 28.8. The Hall–Kier alpha value is -2.74. The zero-order valence-electron chi connectivity index (χ0n) is 20.7. The van der Waals surface area contributed by atoms with Crippen LogP contribution in [0.1, 0.15) is 11.6 Å². The first kappa shape index (κ1) is 27.1. The molecule has 2 aliphatic heterocycles. The SMILES string of the molecule is Nc1nc2c(ncn2[C@@H]2S[C@@H]3C(O)C3C2OP(O)(=S)OC[C@H]2O[C@@H](n3ccc4c(N)ncnc43)[C@@H](F)[C@@H]2O)c(=O)[nH]1. The summed E-state index contributed by atoms with van der Waals surface area (Å²) in [5.74, 6) is -0.278. The molecule has 41 heavy (non-hydrogen) atoms. The quantitative estimate of drug-likeness (QED) is 0.142. The maximum absolute atomic E-state index is 15.1. The third-order valence-electron chi connectivity index (χ3n) is 7.42. The second-order valence-corrected chi connectivity index (χ2v) is 14.0. The largest absolute Gasteiger partial charge is 0.392 e. The van der Waals surface area contributed by atoms with Crippen molar-refractivity contribution in [1.82, 2.24) is 34.1 Å². The number of nitrogens with one attached hydrogen (secondary N) is 1. The molecule has 10 atom stereocenters. The van der Waals surface area contributed by atoms with Crippen molar-refractivity contribution in [2.45, 2.75) is 47.4 Å². The summed E-state index contributed by atoms with van der Waals surface area (Å²) >= 11 is 6.60. The summed E-state index contributed by atoms with van der Waals surface area (Å²) in [6, 6.07) is 1.61. The number of aromatic amines is 1. The van der Waals surface area contributed by atoms with Gasteiger partial charge < -0.3 is 44.9 Å². The first-order valence-corrected chi connectivity index (χ1v) is 15.8. The van der Waals surface area contributed by atoms with Gasteiger partial charge in [0.25, 0.3) is 5.56 Å². The van der Waals surface area contributed by atoms with E-state index in [1.54, 1.807) is 10.6 Å². The van der Waals surface area contributed by atoms with Crippen LogP contribution < -0.4 is 17.0 Å². The van der Waals surface area contributed by atoms with Crippen LogP contribution in [0.5, 0.6) is 0 Å². The lowest BCUT2D eigenvalue weighted by Crippen LogP contribution is -2.32. The first-order chi connectivity index (χ1) is 19.5. The fourth-order valence-electron chi connectivity index (χ4n) is 5.36. The van der Waals surface area contributed by atoms with Crippen molar-refractivity contribution in [1.29, 1.82) is 0 Å². The zero-order valence-corrected chi connectivity index (χ0v) is 23.2. The van der Waals surface area contributed by atoms with Crippen molar-refractivity contribution in [3.63, 3.8) is 0 Å². The van der Waals surface area contributed by atoms with Crippen molar-refractivity contribution in [2.75, 3.05) is 18.1 Å². The molecule has 1 saturated carbocycles. The molecule has 0 bridgehead atoms. The molecule has 20 heteroatoms. The molecule has 3 fully saturated rings. The molecule has 0 spiro atoms. The number of H-pyrrole nitrogens is 1. The number of aliphatic hydroxyl groups excluding tert-OH is 2. The predicted octanol–water partition coefficient (Wildman–Crippen LogP) is -0.451. The van der Waals surface area contributed by atoms with Crippen LogP contribution in [0.4, 0.5) is 16.2 Å². The molecule has 8 N–H and O–H groups in total. The van der Waals surface area contributed by atoms with E-state index in [1.807, 2.05) is 0 Å². The summed E-state index contributed by atoms with van der Waals surface area (Å²) in [5.41, 5.74) is 11.6. The molecule has 0 amide bonds. The smallest absolute Gasteiger partial charge is 0.325 e. The van der Waals surface area contributed by atoms with Crippen molar-refractivity contribution < 1.29 is 33.3 Å². The number of aromatic nitrogens is 7. The van der Waals surface area contributed by atoms with Crippen LogP contribution in [0.3, 0.4) is 0 Å². The Morgan fingerprint density at radius 1 is 1.22 bits per heavy atom. The highest BCUT2D eigenvalue weighted by molar-refractivity contribution is 8.07. The van der Waals surface area contributed by atoms with E-state index in [9.17, 15) is 19.9 Å². The summed E-state index contributed by atoms with van der Waals surface area (Å²) in [5, 5.41) is 20.6. The van der Waals surface area contributed by atoms with E-state index in [1.165, 1.54) is 35.2 Å². The lowest BCUT2D eigenvalue weighted by atomic mass is 10.1. The van der Waals surface area contributed by atoms with E-state index in [0.717, 1.165) is 0 Å². The number of nitrogen functional groups attached to an aromatic ring is 2. The Bertz CT molecular complexity index is 1770. The van der Waals surface area contributed by atoms with E-state index >= 15 is 4.39 Å². The molecule has 6 heterocycles. The molecular formula is C21H23FN9O7PS2. The molecule has 218 valence electrons. The van der Waals surface area contributed by atoms with Gasteiger partial charge in [-0.15, -0.1) is 11.8 Å². The Balaban J connectivity index is 1.07. The van der Waals surface area contributed by atoms with Gasteiger partial charge in [0.05, 0.1) is 24.4 Å². The van der Waals surface area contributed by atoms with Crippen molar-refractivity contribution in [3.8, 4) is 0 Å². The molecule has 1 aliphatic carbocycles. The van der Waals surface area contributed by atoms with Crippen LogP contribution in [-0.4, -0.2) is 91.6 Å². The van der Waals surface area contributed by atoms with Crippen molar-refractivity contribution in [3.05, 3.63) is 35.3 Å². The number of ether oxygens (including phenoxy) is 1. The van der Waals surface area contributed by atoms with E-state index in [4.69, 9.17) is 37.1 Å². The van der Waals surface area contributed by atoms with Crippen LogP contribution in [-0.2, 0) is 25.6 Å². The van der Waals surface area contributed by atoms with Crippen molar-refractivity contribution in [2.24, 2.45) is 5.92 Å². The summed E-state index contributed by atoms with van der Waals surface area (Å²) in [4.78, 5) is 41.9. The predicted molar refractivity (Wildman–Crippen MR) is 147 cm³/mol. The highest BCUT2D eigenvalue weighted by Gasteiger charge is 2.65. The topological polar surface area (TPSA) is 235 Å². The Morgan fingerprint density at radius 3 is 2.83 bits per heavy atom. The number of halogens is 1. The van der Waals surface area contributed by atoms with E-state index < -0.39 is 61.1 Å². The van der Waals surface area contributed by atoms with Gasteiger partial charge in [-0.25, -0.2) is 19.3 Å². The lowest BCUT2D eigenvalue weighted by Gasteiger charge is -2.28. The first-order valence-electron chi connectivity index (χ1n) is 12.3. The van der Waals surface area contributed by atoms with E-state index in [0.29, 0.717) is 11.0 Å². The third kappa shape index (κ3) is 4.43. The molecule has 2 saturated heterocycles. The average Bonchev–Trinajstić information content (AvgIpc) is 3.40. The minimum atomic E-state index is -4.02. The maximum Gasteiger partial charge on any atom is 0.325 e. The second kappa shape index (κ2) is 9.65. The normalized spacial score (nSPS) is 34.3. The molecule has 16 nitrogen and oxygen atoms in total. The molecule has 3 aliphatic rings. The average molecular weight is 628 g/mol. The number of alkyl halides is 1. The number of nitrogens with zero attached hydrogens (tertiary/aromatic N) is 6. The van der Waals surface area contributed by atoms with Gasteiger partial charge in [0, 0.05) is 17.4 Å². The van der Waals surface area contributed by atoms with Crippen molar-refractivity contribution >= 4 is 64.3 Å². The van der Waals surface area contributed by atoms with Gasteiger partial charge in [0.1, 0.15) is 41.5 Å². The van der Waals surface area contributed by atoms with Crippen LogP contribution >= 0.6 is 18.5 Å². The number of hydrogen-bond donors (Lipinski definition) is 6. The Morgan fingerprint density at radius 2 is 2.02 bits per heavy atom. The maximum atomic E-state index is 15.1. The lowest BCUT2D eigenvalue weighted by molar-refractivity contribution is -0.0452. The van der Waals surface area contributed by atoms with Gasteiger partial charge in [-0.2, -0.15) is 4.98 Å². The summed E-state index contributed by atoms with van der Waals surface area (Å²) < 4.78 is 35.2. The van der Waals surface area contributed by atoms with Gasteiger partial charge in [-0.1, -0.05) is 0 Å². The highest BCUT2D eigenvalue weighted by atomic mass is 32.5. The Labute approximate surface area is 238 Å². The molecule has 0 aromatic carbocycles. The van der Waals surface area contributed by atoms with Crippen LogP contribution in [0.2, 0.25) is 0 Å². The monoisotopic (exact) mass is 627 g/mol.